The van der Waals surface area contributed by atoms with Gasteiger partial charge in [0.05, 0.1) is 18.3 Å². The average molecular weight is 322 g/mol. The maximum atomic E-state index is 12.3. The lowest BCUT2D eigenvalue weighted by Crippen LogP contribution is -2.45. The lowest BCUT2D eigenvalue weighted by atomic mass is 9.97. The molecule has 0 bridgehead atoms. The summed E-state index contributed by atoms with van der Waals surface area (Å²) in [4.78, 5) is 26.2. The van der Waals surface area contributed by atoms with Crippen LogP contribution in [0.5, 0.6) is 0 Å². The minimum atomic E-state index is -0.145. The average Bonchev–Trinajstić information content (AvgIpc) is 3.08. The van der Waals surface area contributed by atoms with E-state index in [0.29, 0.717) is 32.0 Å². The minimum absolute atomic E-state index is 0.0199. The van der Waals surface area contributed by atoms with Crippen molar-refractivity contribution in [3.63, 3.8) is 0 Å². The predicted octanol–water partition coefficient (Wildman–Crippen LogP) is 2.06. The van der Waals surface area contributed by atoms with Crippen LogP contribution < -0.4 is 5.32 Å². The Kier molecular flexibility index (Phi) is 6.65. The molecule has 2 amide bonds. The van der Waals surface area contributed by atoms with Crippen molar-refractivity contribution in [2.45, 2.75) is 39.2 Å². The second-order valence-electron chi connectivity index (χ2n) is 6.13. The highest BCUT2D eigenvalue weighted by Crippen LogP contribution is 2.19. The minimum Gasteiger partial charge on any atom is -0.459 e. The Morgan fingerprint density at radius 3 is 3.00 bits per heavy atom. The number of carbonyl (C=O) groups is 2. The molecular weight excluding hydrogens is 296 g/mol. The van der Waals surface area contributed by atoms with E-state index in [-0.39, 0.29) is 23.8 Å². The Hall–Kier alpha value is -1.82. The zero-order valence-corrected chi connectivity index (χ0v) is 13.9. The molecule has 0 aliphatic carbocycles. The first kappa shape index (κ1) is 17.5. The summed E-state index contributed by atoms with van der Waals surface area (Å²) < 4.78 is 10.6. The molecule has 1 N–H and O–H groups in total. The number of rotatable bonds is 7. The number of hydrogen-bond donors (Lipinski definition) is 1. The number of nitrogens with one attached hydrogen (secondary N) is 1. The van der Waals surface area contributed by atoms with Gasteiger partial charge in [-0.1, -0.05) is 0 Å². The molecule has 1 saturated heterocycles. The zero-order valence-electron chi connectivity index (χ0n) is 13.9. The molecule has 1 aromatic rings. The van der Waals surface area contributed by atoms with Gasteiger partial charge in [0.25, 0.3) is 5.91 Å². The van der Waals surface area contributed by atoms with Crippen LogP contribution in [0.15, 0.2) is 22.8 Å². The maximum Gasteiger partial charge on any atom is 0.289 e. The van der Waals surface area contributed by atoms with Gasteiger partial charge in [0, 0.05) is 26.2 Å². The van der Waals surface area contributed by atoms with Crippen molar-refractivity contribution >= 4 is 11.8 Å². The van der Waals surface area contributed by atoms with Crippen molar-refractivity contribution in [2.75, 3.05) is 26.2 Å². The summed E-state index contributed by atoms with van der Waals surface area (Å²) in [6.45, 7) is 6.36. The number of likely N-dealkylation sites (tertiary alicyclic amines) is 1. The van der Waals surface area contributed by atoms with E-state index in [4.69, 9.17) is 9.15 Å². The first-order valence-corrected chi connectivity index (χ1v) is 8.30. The van der Waals surface area contributed by atoms with E-state index in [0.717, 1.165) is 19.3 Å². The van der Waals surface area contributed by atoms with Gasteiger partial charge in [0.2, 0.25) is 5.91 Å². The molecule has 0 unspecified atom stereocenters. The molecule has 1 aliphatic heterocycles. The van der Waals surface area contributed by atoms with Gasteiger partial charge in [-0.3, -0.25) is 9.59 Å². The smallest absolute Gasteiger partial charge is 0.289 e. The van der Waals surface area contributed by atoms with Crippen molar-refractivity contribution in [3.8, 4) is 0 Å². The van der Waals surface area contributed by atoms with Gasteiger partial charge in [-0.25, -0.2) is 0 Å². The molecular formula is C17H26N2O4. The second-order valence-corrected chi connectivity index (χ2v) is 6.13. The Balaban J connectivity index is 1.74. The number of ether oxygens (including phenoxy) is 1. The monoisotopic (exact) mass is 322 g/mol. The van der Waals surface area contributed by atoms with Crippen LogP contribution in [-0.4, -0.2) is 49.1 Å². The Morgan fingerprint density at radius 1 is 1.48 bits per heavy atom. The van der Waals surface area contributed by atoms with Crippen LogP contribution in [0.3, 0.4) is 0 Å². The van der Waals surface area contributed by atoms with Crippen LogP contribution in [0.1, 0.15) is 43.7 Å². The second kappa shape index (κ2) is 8.72. The lowest BCUT2D eigenvalue weighted by Gasteiger charge is -2.31. The highest BCUT2D eigenvalue weighted by molar-refractivity contribution is 5.92. The fourth-order valence-corrected chi connectivity index (χ4v) is 2.68. The summed E-state index contributed by atoms with van der Waals surface area (Å²) in [5.74, 6) is 0.0647. The Morgan fingerprint density at radius 2 is 2.30 bits per heavy atom. The van der Waals surface area contributed by atoms with Crippen LogP contribution >= 0.6 is 0 Å². The van der Waals surface area contributed by atoms with Crippen LogP contribution in [0.4, 0.5) is 0 Å². The number of carbonyl (C=O) groups excluding carboxylic acids is 2. The Labute approximate surface area is 137 Å². The summed E-state index contributed by atoms with van der Waals surface area (Å²) in [7, 11) is 0. The van der Waals surface area contributed by atoms with Gasteiger partial charge < -0.3 is 19.4 Å². The molecule has 0 aromatic carbocycles. The molecule has 1 fully saturated rings. The quantitative estimate of drug-likeness (QED) is 0.780. The fraction of sp³-hybridized carbons (Fsp3) is 0.647. The summed E-state index contributed by atoms with van der Waals surface area (Å²) in [5.41, 5.74) is 0. The van der Waals surface area contributed by atoms with E-state index < -0.39 is 0 Å². The Bertz CT molecular complexity index is 499. The highest BCUT2D eigenvalue weighted by Gasteiger charge is 2.29. The first-order chi connectivity index (χ1) is 11.1. The SMILES string of the molecule is CC(C)OCCCNC(=O)[C@H]1CCCN(C(=O)c2ccco2)C1. The molecule has 0 saturated carbocycles. The molecule has 0 spiro atoms. The fourth-order valence-electron chi connectivity index (χ4n) is 2.68. The third-order valence-corrected chi connectivity index (χ3v) is 3.88. The third-order valence-electron chi connectivity index (χ3n) is 3.88. The van der Waals surface area contributed by atoms with Crippen molar-refractivity contribution in [3.05, 3.63) is 24.2 Å². The van der Waals surface area contributed by atoms with Gasteiger partial charge in [-0.2, -0.15) is 0 Å². The van der Waals surface area contributed by atoms with E-state index >= 15 is 0 Å². The lowest BCUT2D eigenvalue weighted by molar-refractivity contribution is -0.126. The maximum absolute atomic E-state index is 12.3. The summed E-state index contributed by atoms with van der Waals surface area (Å²) >= 11 is 0. The topological polar surface area (TPSA) is 71.8 Å². The summed E-state index contributed by atoms with van der Waals surface area (Å²) in [6.07, 6.45) is 4.15. The normalized spacial score (nSPS) is 18.2. The van der Waals surface area contributed by atoms with E-state index in [2.05, 4.69) is 5.32 Å². The van der Waals surface area contributed by atoms with Crippen LogP contribution in [-0.2, 0) is 9.53 Å². The van der Waals surface area contributed by atoms with Crippen molar-refractivity contribution in [1.82, 2.24) is 10.2 Å². The largest absolute Gasteiger partial charge is 0.459 e. The molecule has 1 atom stereocenters. The molecule has 1 aliphatic rings. The van der Waals surface area contributed by atoms with Gasteiger partial charge in [0.1, 0.15) is 0 Å². The predicted molar refractivity (Wildman–Crippen MR) is 86.1 cm³/mol. The molecule has 6 nitrogen and oxygen atoms in total. The van der Waals surface area contributed by atoms with E-state index in [1.54, 1.807) is 17.0 Å². The number of furan rings is 1. The molecule has 23 heavy (non-hydrogen) atoms. The van der Waals surface area contributed by atoms with Gasteiger partial charge in [-0.05, 0) is 45.2 Å². The molecule has 128 valence electrons. The van der Waals surface area contributed by atoms with E-state index in [1.165, 1.54) is 6.26 Å². The van der Waals surface area contributed by atoms with E-state index in [1.807, 2.05) is 13.8 Å². The molecule has 6 heteroatoms. The van der Waals surface area contributed by atoms with Crippen molar-refractivity contribution in [2.24, 2.45) is 5.92 Å². The molecule has 2 rings (SSSR count). The molecule has 1 aromatic heterocycles. The highest BCUT2D eigenvalue weighted by atomic mass is 16.5. The molecule has 2 heterocycles. The van der Waals surface area contributed by atoms with Crippen LogP contribution in [0.2, 0.25) is 0 Å². The van der Waals surface area contributed by atoms with Gasteiger partial charge in [-0.15, -0.1) is 0 Å². The zero-order chi connectivity index (χ0) is 16.7. The number of amides is 2. The van der Waals surface area contributed by atoms with Gasteiger partial charge >= 0.3 is 0 Å². The van der Waals surface area contributed by atoms with E-state index in [9.17, 15) is 9.59 Å². The standard InChI is InChI=1S/C17H26N2O4/c1-13(2)22-11-5-8-18-16(20)14-6-3-9-19(12-14)17(21)15-7-4-10-23-15/h4,7,10,13-14H,3,5-6,8-9,11-12H2,1-2H3,(H,18,20)/t14-/m0/s1. The number of piperidine rings is 1. The first-order valence-electron chi connectivity index (χ1n) is 8.30. The molecule has 0 radical (unpaired) electrons. The van der Waals surface area contributed by atoms with Crippen LogP contribution in [0, 0.1) is 5.92 Å². The summed E-state index contributed by atoms with van der Waals surface area (Å²) in [6, 6.07) is 3.35. The van der Waals surface area contributed by atoms with Crippen molar-refractivity contribution in [1.29, 1.82) is 0 Å². The number of nitrogens with zero attached hydrogens (tertiary/aromatic N) is 1. The van der Waals surface area contributed by atoms with Crippen LogP contribution in [0.25, 0.3) is 0 Å². The van der Waals surface area contributed by atoms with Crippen molar-refractivity contribution < 1.29 is 18.7 Å². The summed E-state index contributed by atoms with van der Waals surface area (Å²) in [5, 5.41) is 2.94. The number of hydrogen-bond acceptors (Lipinski definition) is 4. The van der Waals surface area contributed by atoms with Gasteiger partial charge in [0.15, 0.2) is 5.76 Å². The third kappa shape index (κ3) is 5.39.